The summed E-state index contributed by atoms with van der Waals surface area (Å²) in [5.41, 5.74) is 5.34. The molecule has 1 nitrogen and oxygen atoms in total. The summed E-state index contributed by atoms with van der Waals surface area (Å²) in [4.78, 5) is 0. The molecule has 0 heterocycles. The average Bonchev–Trinajstić information content (AvgIpc) is 1.68. The molecule has 0 amide bonds. The fourth-order valence-electron chi connectivity index (χ4n) is 0.144. The van der Waals surface area contributed by atoms with Gasteiger partial charge < -0.3 is 5.73 Å². The lowest BCUT2D eigenvalue weighted by molar-refractivity contribution is 0.637. The van der Waals surface area contributed by atoms with E-state index in [0.717, 1.165) is 6.42 Å². The average molecular weight is 119 g/mol. The molecule has 1 atom stereocenters. The van der Waals surface area contributed by atoms with E-state index >= 15 is 0 Å². The van der Waals surface area contributed by atoms with E-state index in [1.165, 1.54) is 0 Å². The molecule has 0 aromatic rings. The van der Waals surface area contributed by atoms with Crippen molar-refractivity contribution in [1.82, 2.24) is 0 Å². The van der Waals surface area contributed by atoms with E-state index in [-0.39, 0.29) is 4.75 Å². The van der Waals surface area contributed by atoms with Crippen molar-refractivity contribution in [3.8, 4) is 0 Å². The fraction of sp³-hybridized carbons (Fsp3) is 1.00. The van der Waals surface area contributed by atoms with Crippen molar-refractivity contribution in [2.45, 2.75) is 25.0 Å². The van der Waals surface area contributed by atoms with E-state index in [0.29, 0.717) is 6.54 Å². The number of hydrogen-bond donors (Lipinski definition) is 2. The van der Waals surface area contributed by atoms with Crippen LogP contribution in [-0.4, -0.2) is 11.3 Å². The third-order valence-corrected chi connectivity index (χ3v) is 1.70. The molecule has 0 saturated heterocycles. The van der Waals surface area contributed by atoms with Crippen LogP contribution in [0, 0.1) is 0 Å². The quantitative estimate of drug-likeness (QED) is 0.522. The maximum atomic E-state index is 5.34. The van der Waals surface area contributed by atoms with Crippen LogP contribution in [0.2, 0.25) is 0 Å². The normalized spacial score (nSPS) is 18.9. The van der Waals surface area contributed by atoms with Gasteiger partial charge in [-0.3, -0.25) is 0 Å². The first-order chi connectivity index (χ1) is 3.12. The molecule has 0 aliphatic rings. The van der Waals surface area contributed by atoms with Crippen LogP contribution in [0.3, 0.4) is 0 Å². The first-order valence-electron chi connectivity index (χ1n) is 2.55. The molecule has 2 N–H and O–H groups in total. The van der Waals surface area contributed by atoms with E-state index in [4.69, 9.17) is 5.73 Å². The molecule has 7 heavy (non-hydrogen) atoms. The molecular weight excluding hydrogens is 106 g/mol. The van der Waals surface area contributed by atoms with Gasteiger partial charge in [-0.05, 0) is 13.3 Å². The zero-order valence-electron chi connectivity index (χ0n) is 4.94. The Morgan fingerprint density at radius 3 is 2.14 bits per heavy atom. The maximum Gasteiger partial charge on any atom is 0.0221 e. The lowest BCUT2D eigenvalue weighted by atomic mass is 10.1. The largest absolute Gasteiger partial charge is 0.329 e. The van der Waals surface area contributed by atoms with Gasteiger partial charge in [-0.15, -0.1) is 0 Å². The Morgan fingerprint density at radius 1 is 1.71 bits per heavy atom. The zero-order chi connectivity index (χ0) is 5.91. The summed E-state index contributed by atoms with van der Waals surface area (Å²) < 4.78 is 0.0556. The highest BCUT2D eigenvalue weighted by molar-refractivity contribution is 7.81. The van der Waals surface area contributed by atoms with Crippen LogP contribution in [0.1, 0.15) is 20.3 Å². The van der Waals surface area contributed by atoms with E-state index in [2.05, 4.69) is 19.6 Å². The smallest absolute Gasteiger partial charge is 0.0221 e. The molecule has 0 rings (SSSR count). The molecule has 0 bridgehead atoms. The Bertz CT molecular complexity index is 46.0. The van der Waals surface area contributed by atoms with Gasteiger partial charge in [0.2, 0.25) is 0 Å². The monoisotopic (exact) mass is 119 g/mol. The Labute approximate surface area is 50.7 Å². The van der Waals surface area contributed by atoms with Gasteiger partial charge in [0.25, 0.3) is 0 Å². The van der Waals surface area contributed by atoms with Gasteiger partial charge >= 0.3 is 0 Å². The van der Waals surface area contributed by atoms with Crippen molar-refractivity contribution in [3.05, 3.63) is 0 Å². The van der Waals surface area contributed by atoms with Crippen LogP contribution in [0.25, 0.3) is 0 Å². The number of rotatable bonds is 2. The Balaban J connectivity index is 3.36. The molecule has 2 heteroatoms. The molecule has 0 aliphatic carbocycles. The molecule has 0 saturated carbocycles. The minimum atomic E-state index is 0.0556. The topological polar surface area (TPSA) is 26.0 Å². The molecule has 0 aromatic heterocycles. The lowest BCUT2D eigenvalue weighted by Gasteiger charge is -2.17. The van der Waals surface area contributed by atoms with Crippen molar-refractivity contribution in [2.75, 3.05) is 6.54 Å². The predicted octanol–water partition coefficient (Wildman–Crippen LogP) is 1.04. The highest BCUT2D eigenvalue weighted by Crippen LogP contribution is 2.14. The van der Waals surface area contributed by atoms with Gasteiger partial charge in [0.05, 0.1) is 0 Å². The molecule has 0 aromatic carbocycles. The fourth-order valence-corrected chi connectivity index (χ4v) is 0.144. The minimum absolute atomic E-state index is 0.0556. The summed E-state index contributed by atoms with van der Waals surface area (Å²) in [6.07, 6.45) is 1.03. The van der Waals surface area contributed by atoms with Crippen molar-refractivity contribution in [1.29, 1.82) is 0 Å². The molecule has 0 radical (unpaired) electrons. The second kappa shape index (κ2) is 2.58. The van der Waals surface area contributed by atoms with Crippen molar-refractivity contribution in [3.63, 3.8) is 0 Å². The van der Waals surface area contributed by atoms with E-state index < -0.39 is 0 Å². The SMILES string of the molecule is CC[C@](C)(S)CN. The second-order valence-corrected chi connectivity index (χ2v) is 3.13. The van der Waals surface area contributed by atoms with Gasteiger partial charge in [0, 0.05) is 11.3 Å². The van der Waals surface area contributed by atoms with Crippen molar-refractivity contribution < 1.29 is 0 Å². The van der Waals surface area contributed by atoms with Crippen LogP contribution < -0.4 is 5.73 Å². The second-order valence-electron chi connectivity index (χ2n) is 2.05. The third kappa shape index (κ3) is 2.94. The molecule has 44 valence electrons. The Morgan fingerprint density at radius 2 is 2.14 bits per heavy atom. The summed E-state index contributed by atoms with van der Waals surface area (Å²) in [5, 5.41) is 0. The van der Waals surface area contributed by atoms with E-state index in [1.807, 2.05) is 6.92 Å². The predicted molar refractivity (Wildman–Crippen MR) is 36.7 cm³/mol. The molecule has 0 aliphatic heterocycles. The van der Waals surface area contributed by atoms with Crippen molar-refractivity contribution in [2.24, 2.45) is 5.73 Å². The zero-order valence-corrected chi connectivity index (χ0v) is 5.83. The summed E-state index contributed by atoms with van der Waals surface area (Å²) in [7, 11) is 0. The standard InChI is InChI=1S/C5H13NS/c1-3-5(2,7)4-6/h7H,3-4,6H2,1-2H3/t5-/m0/s1. The summed E-state index contributed by atoms with van der Waals surface area (Å²) >= 11 is 4.26. The van der Waals surface area contributed by atoms with Gasteiger partial charge in [0.1, 0.15) is 0 Å². The Hall–Kier alpha value is 0.310. The Kier molecular flexibility index (Phi) is 2.69. The maximum absolute atomic E-state index is 5.34. The van der Waals surface area contributed by atoms with Crippen LogP contribution in [0.15, 0.2) is 0 Å². The highest BCUT2D eigenvalue weighted by atomic mass is 32.1. The lowest BCUT2D eigenvalue weighted by Crippen LogP contribution is -2.26. The molecule has 0 spiro atoms. The van der Waals surface area contributed by atoms with Gasteiger partial charge in [-0.2, -0.15) is 12.6 Å². The molecular formula is C5H13NS. The number of nitrogens with two attached hydrogens (primary N) is 1. The minimum Gasteiger partial charge on any atom is -0.329 e. The van der Waals surface area contributed by atoms with Crippen molar-refractivity contribution >= 4 is 12.6 Å². The number of hydrogen-bond acceptors (Lipinski definition) is 2. The van der Waals surface area contributed by atoms with Crippen LogP contribution in [0.4, 0.5) is 0 Å². The number of thiol groups is 1. The van der Waals surface area contributed by atoms with Crippen LogP contribution in [-0.2, 0) is 0 Å². The first kappa shape index (κ1) is 7.31. The van der Waals surface area contributed by atoms with Crippen LogP contribution in [0.5, 0.6) is 0 Å². The summed E-state index contributed by atoms with van der Waals surface area (Å²) in [6, 6.07) is 0. The van der Waals surface area contributed by atoms with Gasteiger partial charge in [-0.25, -0.2) is 0 Å². The summed E-state index contributed by atoms with van der Waals surface area (Å²) in [5.74, 6) is 0. The van der Waals surface area contributed by atoms with Gasteiger partial charge in [-0.1, -0.05) is 6.92 Å². The molecule has 0 unspecified atom stereocenters. The third-order valence-electron chi connectivity index (χ3n) is 1.20. The summed E-state index contributed by atoms with van der Waals surface area (Å²) in [6.45, 7) is 4.78. The van der Waals surface area contributed by atoms with Gasteiger partial charge in [0.15, 0.2) is 0 Å². The van der Waals surface area contributed by atoms with E-state index in [1.54, 1.807) is 0 Å². The van der Waals surface area contributed by atoms with Crippen LogP contribution >= 0.6 is 12.6 Å². The molecule has 0 fully saturated rings. The highest BCUT2D eigenvalue weighted by Gasteiger charge is 2.11. The van der Waals surface area contributed by atoms with E-state index in [9.17, 15) is 0 Å². The first-order valence-corrected chi connectivity index (χ1v) is 2.99.